The Kier molecular flexibility index (Phi) is 4.34. The Morgan fingerprint density at radius 1 is 1.38 bits per heavy atom. The molecule has 0 aromatic heterocycles. The molecule has 2 aliphatic heterocycles. The highest BCUT2D eigenvalue weighted by Crippen LogP contribution is 2.36. The van der Waals surface area contributed by atoms with E-state index >= 15 is 0 Å². The molecule has 1 aromatic rings. The molecule has 0 saturated carbocycles. The smallest absolute Gasteiger partial charge is 0.387 e. The van der Waals surface area contributed by atoms with Crippen molar-refractivity contribution in [3.63, 3.8) is 0 Å². The average Bonchev–Trinajstić information content (AvgIpc) is 2.43. The van der Waals surface area contributed by atoms with Crippen molar-refractivity contribution in [1.82, 2.24) is 5.32 Å². The molecular formula is C14H17F2NO4. The molecule has 0 radical (unpaired) electrons. The molecule has 3 rings (SSSR count). The molecule has 5 nitrogen and oxygen atoms in total. The van der Waals surface area contributed by atoms with Crippen LogP contribution in [0.4, 0.5) is 8.78 Å². The highest BCUT2D eigenvalue weighted by molar-refractivity contribution is 5.40. The molecule has 1 saturated heterocycles. The number of nitrogens with one attached hydrogen (secondary N) is 1. The van der Waals surface area contributed by atoms with Crippen LogP contribution in [0.15, 0.2) is 18.2 Å². The Bertz CT molecular complexity index is 500. The van der Waals surface area contributed by atoms with Gasteiger partial charge in [-0.3, -0.25) is 5.32 Å². The summed E-state index contributed by atoms with van der Waals surface area (Å²) in [6, 6.07) is 4.73. The van der Waals surface area contributed by atoms with Crippen LogP contribution < -0.4 is 10.1 Å². The molecule has 0 spiro atoms. The number of halogens is 2. The Balaban J connectivity index is 1.88. The van der Waals surface area contributed by atoms with Crippen molar-refractivity contribution >= 4 is 0 Å². The van der Waals surface area contributed by atoms with Gasteiger partial charge >= 0.3 is 6.61 Å². The van der Waals surface area contributed by atoms with Crippen LogP contribution in [-0.2, 0) is 16.1 Å². The maximum Gasteiger partial charge on any atom is 0.387 e. The predicted octanol–water partition coefficient (Wildman–Crippen LogP) is 1.21. The van der Waals surface area contributed by atoms with Crippen molar-refractivity contribution in [2.75, 3.05) is 19.8 Å². The van der Waals surface area contributed by atoms with Crippen molar-refractivity contribution in [3.8, 4) is 5.75 Å². The third-order valence-electron chi connectivity index (χ3n) is 3.77. The van der Waals surface area contributed by atoms with Crippen LogP contribution in [0.5, 0.6) is 5.75 Å². The minimum atomic E-state index is -2.86. The van der Waals surface area contributed by atoms with E-state index in [1.165, 1.54) is 12.1 Å². The molecule has 3 atom stereocenters. The largest absolute Gasteiger partial charge is 0.435 e. The summed E-state index contributed by atoms with van der Waals surface area (Å²) in [7, 11) is 0. The summed E-state index contributed by atoms with van der Waals surface area (Å²) >= 11 is 0. The van der Waals surface area contributed by atoms with Crippen molar-refractivity contribution in [2.45, 2.75) is 31.5 Å². The third-order valence-corrected chi connectivity index (χ3v) is 3.77. The van der Waals surface area contributed by atoms with Crippen molar-refractivity contribution in [2.24, 2.45) is 0 Å². The Labute approximate surface area is 120 Å². The molecule has 0 aliphatic carbocycles. The lowest BCUT2D eigenvalue weighted by atomic mass is 9.86. The van der Waals surface area contributed by atoms with E-state index in [9.17, 15) is 13.9 Å². The van der Waals surface area contributed by atoms with Gasteiger partial charge in [-0.2, -0.15) is 8.78 Å². The number of aliphatic hydroxyl groups is 1. The number of rotatable bonds is 2. The lowest BCUT2D eigenvalue weighted by Crippen LogP contribution is -2.48. The maximum absolute atomic E-state index is 12.3. The van der Waals surface area contributed by atoms with E-state index in [4.69, 9.17) is 9.47 Å². The average molecular weight is 301 g/mol. The van der Waals surface area contributed by atoms with E-state index in [0.717, 1.165) is 11.1 Å². The number of ether oxygens (including phenoxy) is 3. The second kappa shape index (κ2) is 6.23. The van der Waals surface area contributed by atoms with Gasteiger partial charge in [-0.05, 0) is 23.3 Å². The van der Waals surface area contributed by atoms with Crippen LogP contribution in [0.1, 0.15) is 17.0 Å². The number of benzene rings is 1. The number of fused-ring (bicyclic) bond motifs is 3. The topological polar surface area (TPSA) is 60.0 Å². The van der Waals surface area contributed by atoms with Crippen LogP contribution in [0.2, 0.25) is 0 Å². The minimum absolute atomic E-state index is 0.0929. The molecule has 0 amide bonds. The summed E-state index contributed by atoms with van der Waals surface area (Å²) in [6.45, 7) is -1.11. The summed E-state index contributed by atoms with van der Waals surface area (Å²) in [6.07, 6.45) is -1.03. The van der Waals surface area contributed by atoms with Gasteiger partial charge in [0.15, 0.2) is 0 Å². The summed E-state index contributed by atoms with van der Waals surface area (Å²) in [5.74, 6) is -0.204. The van der Waals surface area contributed by atoms with Crippen LogP contribution >= 0.6 is 0 Å². The lowest BCUT2D eigenvalue weighted by molar-refractivity contribution is -0.0899. The molecule has 1 fully saturated rings. The maximum atomic E-state index is 12.3. The lowest BCUT2D eigenvalue weighted by Gasteiger charge is -2.38. The normalized spacial score (nSPS) is 29.2. The fraction of sp³-hybridized carbons (Fsp3) is 0.571. The molecule has 0 unspecified atom stereocenters. The highest BCUT2D eigenvalue weighted by atomic mass is 19.3. The number of hydrogen-bond donors (Lipinski definition) is 2. The first-order valence-electron chi connectivity index (χ1n) is 6.83. The number of hydrogen-bond acceptors (Lipinski definition) is 5. The van der Waals surface area contributed by atoms with E-state index in [0.29, 0.717) is 19.8 Å². The summed E-state index contributed by atoms with van der Waals surface area (Å²) in [5, 5.41) is 13.2. The molecule has 2 aliphatic rings. The zero-order chi connectivity index (χ0) is 14.8. The van der Waals surface area contributed by atoms with Gasteiger partial charge in [-0.1, -0.05) is 6.07 Å². The number of alkyl halides is 2. The zero-order valence-electron chi connectivity index (χ0n) is 11.3. The van der Waals surface area contributed by atoms with Crippen molar-refractivity contribution in [1.29, 1.82) is 0 Å². The molecule has 7 heteroatoms. The first kappa shape index (κ1) is 14.6. The highest BCUT2D eigenvalue weighted by Gasteiger charge is 2.36. The van der Waals surface area contributed by atoms with Crippen LogP contribution in [0, 0.1) is 0 Å². The van der Waals surface area contributed by atoms with Gasteiger partial charge in [0.25, 0.3) is 0 Å². The van der Waals surface area contributed by atoms with Crippen molar-refractivity contribution < 1.29 is 28.1 Å². The zero-order valence-corrected chi connectivity index (χ0v) is 11.3. The van der Waals surface area contributed by atoms with Crippen molar-refractivity contribution in [3.05, 3.63) is 29.3 Å². The van der Waals surface area contributed by atoms with Crippen LogP contribution in [0.25, 0.3) is 0 Å². The summed E-state index contributed by atoms with van der Waals surface area (Å²) in [5.41, 5.74) is 1.62. The summed E-state index contributed by atoms with van der Waals surface area (Å²) in [4.78, 5) is 0. The predicted molar refractivity (Wildman–Crippen MR) is 69.2 cm³/mol. The van der Waals surface area contributed by atoms with E-state index in [-0.39, 0.29) is 24.4 Å². The van der Waals surface area contributed by atoms with Gasteiger partial charge in [0, 0.05) is 6.54 Å². The molecule has 2 N–H and O–H groups in total. The molecule has 21 heavy (non-hydrogen) atoms. The van der Waals surface area contributed by atoms with Gasteiger partial charge < -0.3 is 19.3 Å². The van der Waals surface area contributed by atoms with Gasteiger partial charge in [0.2, 0.25) is 0 Å². The second-order valence-corrected chi connectivity index (χ2v) is 5.09. The molecule has 2 heterocycles. The van der Waals surface area contributed by atoms with Gasteiger partial charge in [-0.25, -0.2) is 0 Å². The van der Waals surface area contributed by atoms with Gasteiger partial charge in [0.05, 0.1) is 31.8 Å². The third kappa shape index (κ3) is 3.16. The Morgan fingerprint density at radius 3 is 3.05 bits per heavy atom. The van der Waals surface area contributed by atoms with E-state index < -0.39 is 12.8 Å². The Morgan fingerprint density at radius 2 is 2.24 bits per heavy atom. The number of aliphatic hydroxyl groups excluding tert-OH is 1. The Hall–Kier alpha value is -1.28. The second-order valence-electron chi connectivity index (χ2n) is 5.09. The fourth-order valence-corrected chi connectivity index (χ4v) is 2.84. The van der Waals surface area contributed by atoms with Gasteiger partial charge in [-0.15, -0.1) is 0 Å². The van der Waals surface area contributed by atoms with E-state index in [2.05, 4.69) is 10.1 Å². The van der Waals surface area contributed by atoms with Crippen LogP contribution in [-0.4, -0.2) is 43.8 Å². The molecular weight excluding hydrogens is 284 g/mol. The SMILES string of the molecule is O[C@H]1NCCOC[C@@H]2OCc3cc(OC(F)F)ccc3[C@@H]21. The first-order chi connectivity index (χ1) is 10.1. The molecule has 0 bridgehead atoms. The monoisotopic (exact) mass is 301 g/mol. The van der Waals surface area contributed by atoms with E-state index in [1.54, 1.807) is 6.07 Å². The standard InChI is InChI=1S/C14H17F2NO4/c15-14(16)21-9-1-2-10-8(5-9)6-20-11-7-19-4-3-17-13(18)12(10)11/h1-2,5,11-14,17-18H,3-4,6-7H2/t11-,12-,13+/m0/s1. The van der Waals surface area contributed by atoms with Gasteiger partial charge in [0.1, 0.15) is 12.0 Å². The molecule has 1 aromatic carbocycles. The first-order valence-corrected chi connectivity index (χ1v) is 6.83. The quantitative estimate of drug-likeness (QED) is 0.860. The van der Waals surface area contributed by atoms with Crippen LogP contribution in [0.3, 0.4) is 0 Å². The molecule has 116 valence electrons. The minimum Gasteiger partial charge on any atom is -0.435 e. The fourth-order valence-electron chi connectivity index (χ4n) is 2.84. The summed E-state index contributed by atoms with van der Waals surface area (Å²) < 4.78 is 40.1. The van der Waals surface area contributed by atoms with E-state index in [1.807, 2.05) is 0 Å².